The fraction of sp³-hybridized carbons (Fsp3) is 0.357. The monoisotopic (exact) mass is 275 g/mol. The number of hydrogen-bond acceptors (Lipinski definition) is 3. The summed E-state index contributed by atoms with van der Waals surface area (Å²) in [6.45, 7) is 0. The van der Waals surface area contributed by atoms with Gasteiger partial charge in [0.1, 0.15) is 6.17 Å². The van der Waals surface area contributed by atoms with Crippen LogP contribution in [-0.4, -0.2) is 24.0 Å². The number of amides is 1. The van der Waals surface area contributed by atoms with Crippen LogP contribution in [0.1, 0.15) is 12.0 Å². The minimum atomic E-state index is -0.391. The Bertz CT molecular complexity index is 615. The molecule has 4 rings (SSSR count). The van der Waals surface area contributed by atoms with Crippen LogP contribution in [0.25, 0.3) is 0 Å². The van der Waals surface area contributed by atoms with Crippen molar-refractivity contribution in [2.45, 2.75) is 18.0 Å². The van der Waals surface area contributed by atoms with Gasteiger partial charge in [0.15, 0.2) is 0 Å². The summed E-state index contributed by atoms with van der Waals surface area (Å²) in [5.41, 5.74) is 1.57. The number of hydrogen-bond donors (Lipinski definition) is 2. The number of nitrogens with one attached hydrogen (secondary N) is 2. The molecule has 1 unspecified atom stereocenters. The molecule has 1 amide bonds. The average Bonchev–Trinajstić information content (AvgIpc) is 2.89. The largest absolute Gasteiger partial charge is 0.370 e. The summed E-state index contributed by atoms with van der Waals surface area (Å²) in [6, 6.07) is 5.64. The highest BCUT2D eigenvalue weighted by Crippen LogP contribution is 2.62. The summed E-state index contributed by atoms with van der Waals surface area (Å²) in [5.74, 6) is 0.393. The van der Waals surface area contributed by atoms with E-state index in [-0.39, 0.29) is 18.0 Å². The second kappa shape index (κ2) is 3.45. The van der Waals surface area contributed by atoms with E-state index in [0.717, 1.165) is 17.7 Å². The Labute approximate surface area is 116 Å². The fourth-order valence-corrected chi connectivity index (χ4v) is 3.63. The maximum Gasteiger partial charge on any atom is 0.235 e. The van der Waals surface area contributed by atoms with Crippen LogP contribution < -0.4 is 10.6 Å². The summed E-state index contributed by atoms with van der Waals surface area (Å²) >= 11 is 6.08. The zero-order chi connectivity index (χ0) is 13.2. The second-order valence-corrected chi connectivity index (χ2v) is 5.96. The lowest BCUT2D eigenvalue weighted by Crippen LogP contribution is -2.38. The van der Waals surface area contributed by atoms with E-state index in [1.165, 1.54) is 0 Å². The molecule has 2 N–H and O–H groups in total. The highest BCUT2D eigenvalue weighted by atomic mass is 35.5. The Morgan fingerprint density at radius 3 is 3.05 bits per heavy atom. The number of fused-ring (bicyclic) bond motifs is 2. The van der Waals surface area contributed by atoms with Gasteiger partial charge in [0.05, 0.1) is 5.41 Å². The van der Waals surface area contributed by atoms with Crippen molar-refractivity contribution in [1.29, 1.82) is 0 Å². The lowest BCUT2D eigenvalue weighted by molar-refractivity contribution is -0.118. The van der Waals surface area contributed by atoms with Gasteiger partial charge < -0.3 is 15.5 Å². The Balaban J connectivity index is 1.74. The first kappa shape index (κ1) is 11.2. The van der Waals surface area contributed by atoms with E-state index in [4.69, 9.17) is 11.6 Å². The number of carbonyl (C=O) groups is 1. The zero-order valence-corrected chi connectivity index (χ0v) is 11.2. The van der Waals surface area contributed by atoms with Crippen LogP contribution in [0, 0.1) is 5.92 Å². The predicted octanol–water partition coefficient (Wildman–Crippen LogP) is 1.88. The van der Waals surface area contributed by atoms with Gasteiger partial charge in [0.2, 0.25) is 5.91 Å². The molecule has 19 heavy (non-hydrogen) atoms. The van der Waals surface area contributed by atoms with Gasteiger partial charge in [0, 0.05) is 36.1 Å². The number of nitrogens with zero attached hydrogens (tertiary/aromatic N) is 1. The van der Waals surface area contributed by atoms with E-state index in [1.54, 1.807) is 0 Å². The van der Waals surface area contributed by atoms with Crippen LogP contribution in [-0.2, 0) is 10.2 Å². The van der Waals surface area contributed by atoms with E-state index in [2.05, 4.69) is 15.5 Å². The third-order valence-electron chi connectivity index (χ3n) is 4.53. The van der Waals surface area contributed by atoms with Crippen LogP contribution in [0.15, 0.2) is 30.6 Å². The highest BCUT2D eigenvalue weighted by molar-refractivity contribution is 6.31. The van der Waals surface area contributed by atoms with Gasteiger partial charge >= 0.3 is 0 Å². The van der Waals surface area contributed by atoms with Crippen molar-refractivity contribution in [2.75, 3.05) is 12.4 Å². The van der Waals surface area contributed by atoms with Gasteiger partial charge in [-0.25, -0.2) is 0 Å². The second-order valence-electron chi connectivity index (χ2n) is 5.52. The number of anilines is 1. The summed E-state index contributed by atoms with van der Waals surface area (Å²) in [7, 11) is 2.03. The van der Waals surface area contributed by atoms with Crippen LogP contribution in [0.5, 0.6) is 0 Å². The molecule has 2 heterocycles. The minimum absolute atomic E-state index is 0.108. The first-order chi connectivity index (χ1) is 9.13. The van der Waals surface area contributed by atoms with Gasteiger partial charge in [-0.2, -0.15) is 0 Å². The maximum atomic E-state index is 12.4. The minimum Gasteiger partial charge on any atom is -0.370 e. The molecule has 1 aromatic rings. The van der Waals surface area contributed by atoms with Crippen LogP contribution in [0.2, 0.25) is 5.02 Å². The van der Waals surface area contributed by atoms with Gasteiger partial charge in [-0.3, -0.25) is 4.79 Å². The van der Waals surface area contributed by atoms with Crippen LogP contribution >= 0.6 is 11.6 Å². The molecule has 98 valence electrons. The van der Waals surface area contributed by atoms with Crippen molar-refractivity contribution in [1.82, 2.24) is 10.2 Å². The molecule has 1 fully saturated rings. The molecule has 1 aromatic carbocycles. The number of carbonyl (C=O) groups excluding carboxylic acids is 1. The van der Waals surface area contributed by atoms with Crippen molar-refractivity contribution in [3.8, 4) is 0 Å². The normalized spacial score (nSPS) is 34.4. The molecular formula is C14H14ClN3O. The van der Waals surface area contributed by atoms with Crippen molar-refractivity contribution >= 4 is 23.2 Å². The van der Waals surface area contributed by atoms with E-state index in [1.807, 2.05) is 37.6 Å². The van der Waals surface area contributed by atoms with E-state index >= 15 is 0 Å². The molecule has 3 atom stereocenters. The van der Waals surface area contributed by atoms with Crippen molar-refractivity contribution in [2.24, 2.45) is 5.92 Å². The van der Waals surface area contributed by atoms with Crippen molar-refractivity contribution in [3.05, 3.63) is 41.2 Å². The summed E-state index contributed by atoms with van der Waals surface area (Å²) in [4.78, 5) is 14.5. The molecular weight excluding hydrogens is 262 g/mol. The number of halogens is 1. The Morgan fingerprint density at radius 1 is 1.47 bits per heavy atom. The quantitative estimate of drug-likeness (QED) is 0.823. The lowest BCUT2D eigenvalue weighted by atomic mass is 9.93. The lowest BCUT2D eigenvalue weighted by Gasteiger charge is -2.23. The molecule has 0 saturated heterocycles. The SMILES string of the molecule is CN1C=CNC1[C@H]1C[C@]12C(=O)Nc1ccc(Cl)cc12. The molecule has 0 radical (unpaired) electrons. The van der Waals surface area contributed by atoms with Gasteiger partial charge in [-0.15, -0.1) is 0 Å². The maximum absolute atomic E-state index is 12.4. The molecule has 2 aliphatic heterocycles. The molecule has 0 aromatic heterocycles. The smallest absolute Gasteiger partial charge is 0.235 e. The Kier molecular flexibility index (Phi) is 2.03. The molecule has 1 aliphatic carbocycles. The number of benzene rings is 1. The summed E-state index contributed by atoms with van der Waals surface area (Å²) in [5, 5.41) is 6.99. The van der Waals surface area contributed by atoms with Crippen molar-refractivity contribution < 1.29 is 4.79 Å². The molecule has 4 nitrogen and oxygen atoms in total. The molecule has 0 bridgehead atoms. The molecule has 1 saturated carbocycles. The first-order valence-electron chi connectivity index (χ1n) is 6.39. The average molecular weight is 276 g/mol. The third kappa shape index (κ3) is 1.32. The predicted molar refractivity (Wildman–Crippen MR) is 73.7 cm³/mol. The van der Waals surface area contributed by atoms with Crippen LogP contribution in [0.4, 0.5) is 5.69 Å². The van der Waals surface area contributed by atoms with E-state index in [0.29, 0.717) is 5.02 Å². The molecule has 1 spiro atoms. The first-order valence-corrected chi connectivity index (χ1v) is 6.77. The summed E-state index contributed by atoms with van der Waals surface area (Å²) in [6.07, 6.45) is 5.00. The molecule has 3 aliphatic rings. The zero-order valence-electron chi connectivity index (χ0n) is 10.5. The van der Waals surface area contributed by atoms with Gasteiger partial charge in [0.25, 0.3) is 0 Å². The van der Waals surface area contributed by atoms with Crippen LogP contribution in [0.3, 0.4) is 0 Å². The van der Waals surface area contributed by atoms with E-state index in [9.17, 15) is 4.79 Å². The number of rotatable bonds is 1. The van der Waals surface area contributed by atoms with Crippen molar-refractivity contribution in [3.63, 3.8) is 0 Å². The third-order valence-corrected chi connectivity index (χ3v) is 4.76. The molecule has 5 heteroatoms. The fourth-order valence-electron chi connectivity index (χ4n) is 3.46. The Hall–Kier alpha value is -1.68. The highest BCUT2D eigenvalue weighted by Gasteiger charge is 2.67. The van der Waals surface area contributed by atoms with Gasteiger partial charge in [-0.05, 0) is 30.2 Å². The van der Waals surface area contributed by atoms with Gasteiger partial charge in [-0.1, -0.05) is 11.6 Å². The topological polar surface area (TPSA) is 44.4 Å². The standard InChI is InChI=1S/C14H14ClN3O/c1-18-5-4-16-12(18)10-7-14(10)9-6-8(15)2-3-11(9)17-13(14)19/h2-6,10,12,16H,7H2,1H3,(H,17,19)/t10-,12?,14-/m1/s1. The Morgan fingerprint density at radius 2 is 2.32 bits per heavy atom. The van der Waals surface area contributed by atoms with E-state index < -0.39 is 5.41 Å². The summed E-state index contributed by atoms with van der Waals surface area (Å²) < 4.78 is 0.